The summed E-state index contributed by atoms with van der Waals surface area (Å²) in [5.74, 6) is 5.93. The van der Waals surface area contributed by atoms with Crippen LogP contribution in [0, 0.1) is 5.92 Å². The van der Waals surface area contributed by atoms with Crippen molar-refractivity contribution in [3.63, 3.8) is 0 Å². The molecule has 9 nitrogen and oxygen atoms in total. The molecule has 7 heterocycles. The fourth-order valence-corrected chi connectivity index (χ4v) is 5.65. The zero-order chi connectivity index (χ0) is 25.1. The van der Waals surface area contributed by atoms with Crippen LogP contribution in [0.1, 0.15) is 26.7 Å². The third-order valence-corrected chi connectivity index (χ3v) is 7.67. The van der Waals surface area contributed by atoms with Crippen molar-refractivity contribution >= 4 is 34.9 Å². The van der Waals surface area contributed by atoms with Crippen LogP contribution in [0.2, 0.25) is 0 Å². The molecule has 1 saturated carbocycles. The Morgan fingerprint density at radius 2 is 1.50 bits per heavy atom. The van der Waals surface area contributed by atoms with Gasteiger partial charge in [0.2, 0.25) is 0 Å². The third-order valence-electron chi connectivity index (χ3n) is 6.62. The molecule has 2 atom stereocenters. The molecule has 2 fully saturated rings. The minimum Gasteiger partial charge on any atom is -0.488 e. The number of fused-ring (bicyclic) bond motifs is 5. The van der Waals surface area contributed by atoms with E-state index in [2.05, 4.69) is 47.6 Å². The van der Waals surface area contributed by atoms with Gasteiger partial charge in [0.25, 0.3) is 0 Å². The smallest absolute Gasteiger partial charge is 0.168 e. The molecular weight excluding hydrogens is 496 g/mol. The van der Waals surface area contributed by atoms with E-state index in [4.69, 9.17) is 4.74 Å². The van der Waals surface area contributed by atoms with Gasteiger partial charge in [-0.2, -0.15) is 0 Å². The Balaban J connectivity index is 0.000000118. The minimum absolute atomic E-state index is 0. The quantitative estimate of drug-likeness (QED) is 0.275. The maximum Gasteiger partial charge on any atom is 0.168 e. The lowest BCUT2D eigenvalue weighted by atomic mass is 10.1. The number of pyridine rings is 3. The van der Waals surface area contributed by atoms with Crippen molar-refractivity contribution in [1.82, 2.24) is 20.3 Å². The molecule has 5 N–H and O–H groups in total. The third kappa shape index (κ3) is 7.88. The summed E-state index contributed by atoms with van der Waals surface area (Å²) in [5.41, 5.74) is 1.11. The Morgan fingerprint density at radius 1 is 0.763 bits per heavy atom. The van der Waals surface area contributed by atoms with E-state index in [1.54, 1.807) is 12.4 Å². The first-order chi connectivity index (χ1) is 18.3. The van der Waals surface area contributed by atoms with Gasteiger partial charge in [-0.1, -0.05) is 7.43 Å². The van der Waals surface area contributed by atoms with Crippen LogP contribution in [-0.2, 0) is 0 Å². The maximum atomic E-state index is 5.30. The van der Waals surface area contributed by atoms with Crippen molar-refractivity contribution in [1.29, 1.82) is 0 Å². The molecule has 2 unspecified atom stereocenters. The summed E-state index contributed by atoms with van der Waals surface area (Å²) >= 11 is 1.86. The predicted molar refractivity (Wildman–Crippen MR) is 159 cm³/mol. The second kappa shape index (κ2) is 14.6. The molecule has 0 radical (unpaired) electrons. The van der Waals surface area contributed by atoms with E-state index < -0.39 is 0 Å². The Kier molecular flexibility index (Phi) is 10.7. The van der Waals surface area contributed by atoms with E-state index in [9.17, 15) is 0 Å². The van der Waals surface area contributed by atoms with Crippen LogP contribution >= 0.6 is 11.8 Å². The molecule has 0 spiro atoms. The monoisotopic (exact) mass is 536 g/mol. The van der Waals surface area contributed by atoms with Crippen LogP contribution in [0.3, 0.4) is 0 Å². The summed E-state index contributed by atoms with van der Waals surface area (Å²) in [7, 11) is 0. The van der Waals surface area contributed by atoms with E-state index in [0.29, 0.717) is 0 Å². The average Bonchev–Trinajstić information content (AvgIpc) is 3.65. The molecule has 2 bridgehead atoms. The van der Waals surface area contributed by atoms with Gasteiger partial charge in [-0.3, -0.25) is 0 Å². The normalized spacial score (nSPS) is 20.7. The van der Waals surface area contributed by atoms with E-state index in [1.165, 1.54) is 30.7 Å². The summed E-state index contributed by atoms with van der Waals surface area (Å²) in [6, 6.07) is 12.7. The Morgan fingerprint density at radius 3 is 2.18 bits per heavy atom. The van der Waals surface area contributed by atoms with E-state index in [-0.39, 0.29) is 7.43 Å². The number of anilines is 4. The van der Waals surface area contributed by atoms with E-state index in [1.807, 2.05) is 48.3 Å². The van der Waals surface area contributed by atoms with Crippen LogP contribution < -0.4 is 31.3 Å². The second-order valence-electron chi connectivity index (χ2n) is 9.29. The molecule has 10 heteroatoms. The van der Waals surface area contributed by atoms with Gasteiger partial charge in [0.05, 0.1) is 12.2 Å². The van der Waals surface area contributed by atoms with Crippen molar-refractivity contribution in [2.45, 2.75) is 37.6 Å². The summed E-state index contributed by atoms with van der Waals surface area (Å²) in [4.78, 5) is 13.7. The lowest BCUT2D eigenvalue weighted by Crippen LogP contribution is -2.23. The number of hydrogen-bond acceptors (Lipinski definition) is 10. The highest BCUT2D eigenvalue weighted by Gasteiger charge is 2.30. The number of rotatable bonds is 0. The molecule has 5 aliphatic rings. The fraction of sp³-hybridized carbons (Fsp3) is 0.464. The first-order valence-corrected chi connectivity index (χ1v) is 14.1. The summed E-state index contributed by atoms with van der Waals surface area (Å²) in [5, 5.41) is 16.2. The highest BCUT2D eigenvalue weighted by Crippen LogP contribution is 2.30. The molecule has 0 aromatic carbocycles. The van der Waals surface area contributed by atoms with E-state index in [0.717, 1.165) is 79.4 Å². The standard InChI is InChI=1S/C7H9N3.C7H8N2O.C7H8N2S.C6H11N.CH4/c1-2-6-7(9-3-1)10-5-4-8-6;2*1-2-6-7(8-3-1)9-4-5-10-6;1-2-6-3-5(1)4-7-6;/h1-3,8H,4-5H2,(H,9,10);2*1-3H,4-5H2,(H,8,9);5-7H,1-4H2;1H4. The van der Waals surface area contributed by atoms with Crippen LogP contribution in [0.5, 0.6) is 5.75 Å². The molecule has 8 rings (SSSR count). The molecule has 204 valence electrons. The highest BCUT2D eigenvalue weighted by molar-refractivity contribution is 7.99. The van der Waals surface area contributed by atoms with Crippen molar-refractivity contribution in [2.24, 2.45) is 5.92 Å². The topological polar surface area (TPSA) is 108 Å². The van der Waals surface area contributed by atoms with E-state index >= 15 is 0 Å². The molecule has 4 aliphatic heterocycles. The molecule has 0 amide bonds. The van der Waals surface area contributed by atoms with Gasteiger partial charge in [0, 0.05) is 54.9 Å². The minimum atomic E-state index is 0. The van der Waals surface area contributed by atoms with Crippen molar-refractivity contribution < 1.29 is 4.74 Å². The summed E-state index contributed by atoms with van der Waals surface area (Å²) in [6.07, 6.45) is 9.78. The predicted octanol–water partition coefficient (Wildman–Crippen LogP) is 4.80. The van der Waals surface area contributed by atoms with Crippen molar-refractivity contribution in [3.05, 3.63) is 55.0 Å². The molecule has 1 aliphatic carbocycles. The van der Waals surface area contributed by atoms with Gasteiger partial charge >= 0.3 is 0 Å². The van der Waals surface area contributed by atoms with Gasteiger partial charge in [0.15, 0.2) is 11.6 Å². The number of thioether (sulfide) groups is 1. The molecular formula is C28H40N8OS. The number of ether oxygens (including phenoxy) is 1. The Hall–Kier alpha value is -3.24. The summed E-state index contributed by atoms with van der Waals surface area (Å²) in [6.45, 7) is 5.88. The first-order valence-electron chi connectivity index (χ1n) is 13.1. The maximum absolute atomic E-state index is 5.30. The van der Waals surface area contributed by atoms with Gasteiger partial charge in [-0.05, 0) is 68.1 Å². The molecule has 3 aromatic heterocycles. The number of piperidine rings is 1. The number of nitrogens with one attached hydrogen (secondary N) is 5. The average molecular weight is 537 g/mol. The Labute approximate surface area is 230 Å². The van der Waals surface area contributed by atoms with Crippen molar-refractivity contribution in [3.8, 4) is 5.75 Å². The number of nitrogens with zero attached hydrogens (tertiary/aromatic N) is 3. The zero-order valence-corrected chi connectivity index (χ0v) is 21.9. The van der Waals surface area contributed by atoms with Crippen molar-refractivity contribution in [2.75, 3.05) is 66.4 Å². The van der Waals surface area contributed by atoms with Crippen LogP contribution in [0.15, 0.2) is 59.9 Å². The summed E-state index contributed by atoms with van der Waals surface area (Å²) < 4.78 is 5.30. The largest absolute Gasteiger partial charge is 0.488 e. The Bertz CT molecular complexity index is 918. The van der Waals surface area contributed by atoms with Gasteiger partial charge < -0.3 is 31.3 Å². The molecule has 3 aromatic rings. The van der Waals surface area contributed by atoms with Crippen LogP contribution in [0.4, 0.5) is 23.1 Å². The number of hydrogen-bond donors (Lipinski definition) is 5. The highest BCUT2D eigenvalue weighted by atomic mass is 32.2. The SMILES string of the molecule is C.C1CC2CC1CN2.c1cnc2c(c1)NCCN2.c1cnc2c(c1)OCCN2.c1cnc2c(c1)SCCN2. The van der Waals surface area contributed by atoms with Gasteiger partial charge in [-0.15, -0.1) is 11.8 Å². The van der Waals surface area contributed by atoms with Crippen LogP contribution in [-0.4, -0.2) is 66.1 Å². The van der Waals surface area contributed by atoms with Crippen LogP contribution in [0.25, 0.3) is 0 Å². The lowest BCUT2D eigenvalue weighted by molar-refractivity contribution is 0.321. The zero-order valence-electron chi connectivity index (χ0n) is 21.1. The lowest BCUT2D eigenvalue weighted by Gasteiger charge is -2.17. The first kappa shape index (κ1) is 27.8. The number of aromatic nitrogens is 3. The second-order valence-corrected chi connectivity index (χ2v) is 10.4. The molecule has 38 heavy (non-hydrogen) atoms. The van der Waals surface area contributed by atoms with Gasteiger partial charge in [-0.25, -0.2) is 15.0 Å². The van der Waals surface area contributed by atoms with Gasteiger partial charge in [0.1, 0.15) is 18.2 Å². The fourth-order valence-electron chi connectivity index (χ4n) is 4.79. The molecule has 1 saturated heterocycles.